The lowest BCUT2D eigenvalue weighted by atomic mass is 10.1. The van der Waals surface area contributed by atoms with Gasteiger partial charge in [-0.2, -0.15) is 0 Å². The molecule has 0 fully saturated rings. The van der Waals surface area contributed by atoms with Gasteiger partial charge in [0.15, 0.2) is 0 Å². The second-order valence-electron chi connectivity index (χ2n) is 4.21. The number of aliphatic carboxylic acids is 1. The standard InChI is InChI=1S/C13H16F2N2O3/c14-10-6-9(7-11(15)8-10)3-5-17-13(20)16-4-1-2-12(18)19/h6-8H,1-5H2,(H,18,19)(H2,16,17,20). The van der Waals surface area contributed by atoms with Crippen LogP contribution in [0.4, 0.5) is 13.6 Å². The molecule has 0 aliphatic carbocycles. The third kappa shape index (κ3) is 6.67. The number of halogens is 2. The molecule has 0 atom stereocenters. The van der Waals surface area contributed by atoms with E-state index in [1.165, 1.54) is 12.1 Å². The third-order valence-electron chi connectivity index (χ3n) is 2.47. The van der Waals surface area contributed by atoms with E-state index in [0.29, 0.717) is 18.4 Å². The molecular weight excluding hydrogens is 270 g/mol. The molecule has 2 amide bonds. The van der Waals surface area contributed by atoms with Crippen molar-refractivity contribution < 1.29 is 23.5 Å². The molecular formula is C13H16F2N2O3. The minimum Gasteiger partial charge on any atom is -0.481 e. The molecule has 0 aliphatic heterocycles. The number of carboxylic acids is 1. The second-order valence-corrected chi connectivity index (χ2v) is 4.21. The fourth-order valence-electron chi connectivity index (χ4n) is 1.58. The van der Waals surface area contributed by atoms with Crippen LogP contribution < -0.4 is 10.6 Å². The first-order valence-corrected chi connectivity index (χ1v) is 6.16. The highest BCUT2D eigenvalue weighted by atomic mass is 19.1. The van der Waals surface area contributed by atoms with E-state index < -0.39 is 23.6 Å². The highest BCUT2D eigenvalue weighted by molar-refractivity contribution is 5.73. The number of carbonyl (C=O) groups is 2. The van der Waals surface area contributed by atoms with Crippen molar-refractivity contribution >= 4 is 12.0 Å². The predicted octanol–water partition coefficient (Wildman–Crippen LogP) is 1.67. The smallest absolute Gasteiger partial charge is 0.314 e. The molecule has 0 saturated carbocycles. The Kier molecular flexibility index (Phi) is 6.42. The van der Waals surface area contributed by atoms with Crippen LogP contribution in [0.2, 0.25) is 0 Å². The predicted molar refractivity (Wildman–Crippen MR) is 68.3 cm³/mol. The molecule has 0 aliphatic rings. The van der Waals surface area contributed by atoms with Crippen LogP contribution in [-0.4, -0.2) is 30.2 Å². The minimum atomic E-state index is -0.916. The fraction of sp³-hybridized carbons (Fsp3) is 0.385. The molecule has 20 heavy (non-hydrogen) atoms. The first kappa shape index (κ1) is 15.9. The van der Waals surface area contributed by atoms with Crippen molar-refractivity contribution in [2.75, 3.05) is 13.1 Å². The fourth-order valence-corrected chi connectivity index (χ4v) is 1.58. The van der Waals surface area contributed by atoms with Gasteiger partial charge in [-0.1, -0.05) is 0 Å². The maximum absolute atomic E-state index is 12.9. The van der Waals surface area contributed by atoms with Gasteiger partial charge in [-0.15, -0.1) is 0 Å². The molecule has 110 valence electrons. The summed E-state index contributed by atoms with van der Waals surface area (Å²) in [5.74, 6) is -2.23. The molecule has 3 N–H and O–H groups in total. The molecule has 0 unspecified atom stereocenters. The summed E-state index contributed by atoms with van der Waals surface area (Å²) >= 11 is 0. The lowest BCUT2D eigenvalue weighted by molar-refractivity contribution is -0.137. The summed E-state index contributed by atoms with van der Waals surface area (Å²) in [6.45, 7) is 0.486. The van der Waals surface area contributed by atoms with Gasteiger partial charge in [-0.05, 0) is 30.5 Å². The van der Waals surface area contributed by atoms with Gasteiger partial charge < -0.3 is 15.7 Å². The van der Waals surface area contributed by atoms with E-state index in [9.17, 15) is 18.4 Å². The molecule has 1 rings (SSSR count). The Bertz CT molecular complexity index is 460. The molecule has 7 heteroatoms. The van der Waals surface area contributed by atoms with Crippen LogP contribution in [0.3, 0.4) is 0 Å². The minimum absolute atomic E-state index is 0.0111. The SMILES string of the molecule is O=C(O)CCCNC(=O)NCCc1cc(F)cc(F)c1. The van der Waals surface area contributed by atoms with Gasteiger partial charge in [0.1, 0.15) is 11.6 Å². The van der Waals surface area contributed by atoms with Crippen LogP contribution in [-0.2, 0) is 11.2 Å². The van der Waals surface area contributed by atoms with Crippen molar-refractivity contribution in [3.63, 3.8) is 0 Å². The van der Waals surface area contributed by atoms with Gasteiger partial charge >= 0.3 is 12.0 Å². The summed E-state index contributed by atoms with van der Waals surface area (Å²) in [6.07, 6.45) is 0.637. The largest absolute Gasteiger partial charge is 0.481 e. The summed E-state index contributed by atoms with van der Waals surface area (Å²) in [5, 5.41) is 13.4. The molecule has 0 bridgehead atoms. The first-order valence-electron chi connectivity index (χ1n) is 6.16. The molecule has 0 radical (unpaired) electrons. The Morgan fingerprint density at radius 2 is 1.65 bits per heavy atom. The zero-order valence-electron chi connectivity index (χ0n) is 10.8. The van der Waals surface area contributed by atoms with Crippen molar-refractivity contribution in [2.45, 2.75) is 19.3 Å². The van der Waals surface area contributed by atoms with Gasteiger partial charge in [0.2, 0.25) is 0 Å². The van der Waals surface area contributed by atoms with E-state index in [4.69, 9.17) is 5.11 Å². The molecule has 0 saturated heterocycles. The van der Waals surface area contributed by atoms with Crippen LogP contribution >= 0.6 is 0 Å². The van der Waals surface area contributed by atoms with Crippen molar-refractivity contribution in [1.82, 2.24) is 10.6 Å². The van der Waals surface area contributed by atoms with Crippen molar-refractivity contribution in [2.24, 2.45) is 0 Å². The molecule has 5 nitrogen and oxygen atoms in total. The van der Waals surface area contributed by atoms with E-state index in [1.54, 1.807) is 0 Å². The zero-order chi connectivity index (χ0) is 15.0. The topological polar surface area (TPSA) is 78.4 Å². The van der Waals surface area contributed by atoms with Crippen molar-refractivity contribution in [3.05, 3.63) is 35.4 Å². The van der Waals surface area contributed by atoms with E-state index in [2.05, 4.69) is 10.6 Å². The van der Waals surface area contributed by atoms with E-state index in [1.807, 2.05) is 0 Å². The Morgan fingerprint density at radius 1 is 1.05 bits per heavy atom. The van der Waals surface area contributed by atoms with E-state index >= 15 is 0 Å². The van der Waals surface area contributed by atoms with E-state index in [-0.39, 0.29) is 19.5 Å². The van der Waals surface area contributed by atoms with Crippen LogP contribution in [0.1, 0.15) is 18.4 Å². The lowest BCUT2D eigenvalue weighted by Gasteiger charge is -2.07. The number of hydrogen-bond acceptors (Lipinski definition) is 2. The van der Waals surface area contributed by atoms with Crippen LogP contribution in [0, 0.1) is 11.6 Å². The number of carbonyl (C=O) groups excluding carboxylic acids is 1. The Morgan fingerprint density at radius 3 is 2.25 bits per heavy atom. The number of rotatable bonds is 7. The Labute approximate surface area is 115 Å². The Hall–Kier alpha value is -2.18. The quantitative estimate of drug-likeness (QED) is 0.667. The summed E-state index contributed by atoms with van der Waals surface area (Å²) in [6, 6.07) is 2.75. The number of nitrogens with one attached hydrogen (secondary N) is 2. The van der Waals surface area contributed by atoms with Crippen LogP contribution in [0.5, 0.6) is 0 Å². The highest BCUT2D eigenvalue weighted by Crippen LogP contribution is 2.07. The van der Waals surface area contributed by atoms with Crippen molar-refractivity contribution in [3.8, 4) is 0 Å². The number of benzene rings is 1. The number of hydrogen-bond donors (Lipinski definition) is 3. The zero-order valence-corrected chi connectivity index (χ0v) is 10.8. The maximum Gasteiger partial charge on any atom is 0.314 e. The van der Waals surface area contributed by atoms with Crippen LogP contribution in [0.25, 0.3) is 0 Å². The first-order chi connectivity index (χ1) is 9.47. The van der Waals surface area contributed by atoms with E-state index in [0.717, 1.165) is 6.07 Å². The van der Waals surface area contributed by atoms with Crippen molar-refractivity contribution in [1.29, 1.82) is 0 Å². The monoisotopic (exact) mass is 286 g/mol. The molecule has 1 aromatic rings. The molecule has 0 spiro atoms. The highest BCUT2D eigenvalue weighted by Gasteiger charge is 2.03. The molecule has 0 heterocycles. The van der Waals surface area contributed by atoms with Crippen LogP contribution in [0.15, 0.2) is 18.2 Å². The molecule has 0 aromatic heterocycles. The number of amides is 2. The summed E-state index contributed by atoms with van der Waals surface area (Å²) in [5.41, 5.74) is 0.452. The number of urea groups is 1. The molecule has 1 aromatic carbocycles. The van der Waals surface area contributed by atoms with Gasteiger partial charge in [0.05, 0.1) is 0 Å². The van der Waals surface area contributed by atoms with Gasteiger partial charge in [0, 0.05) is 25.6 Å². The summed E-state index contributed by atoms with van der Waals surface area (Å²) < 4.78 is 25.8. The van der Waals surface area contributed by atoms with Gasteiger partial charge in [-0.25, -0.2) is 13.6 Å². The van der Waals surface area contributed by atoms with Gasteiger partial charge in [0.25, 0.3) is 0 Å². The summed E-state index contributed by atoms with van der Waals surface area (Å²) in [7, 11) is 0. The average Bonchev–Trinajstić information content (AvgIpc) is 2.33. The summed E-state index contributed by atoms with van der Waals surface area (Å²) in [4.78, 5) is 21.5. The normalized spacial score (nSPS) is 10.1. The third-order valence-corrected chi connectivity index (χ3v) is 2.47. The second kappa shape index (κ2) is 8.08. The maximum atomic E-state index is 12.9. The van der Waals surface area contributed by atoms with Gasteiger partial charge in [-0.3, -0.25) is 4.79 Å². The lowest BCUT2D eigenvalue weighted by Crippen LogP contribution is -2.37. The Balaban J connectivity index is 2.19. The number of carboxylic acid groups (broad SMARTS) is 1. The average molecular weight is 286 g/mol.